The molecule has 2 aromatic heterocycles. The summed E-state index contributed by atoms with van der Waals surface area (Å²) in [7, 11) is 0. The molecule has 1 unspecified atom stereocenters. The van der Waals surface area contributed by atoms with Crippen molar-refractivity contribution in [2.24, 2.45) is 0 Å². The van der Waals surface area contributed by atoms with Crippen LogP contribution in [0.5, 0.6) is 0 Å². The van der Waals surface area contributed by atoms with Crippen LogP contribution in [0.1, 0.15) is 37.6 Å². The minimum absolute atomic E-state index is 0.0222. The molecule has 1 saturated heterocycles. The van der Waals surface area contributed by atoms with Gasteiger partial charge in [0.2, 0.25) is 11.9 Å². The minimum Gasteiger partial charge on any atom is -0.458 e. The van der Waals surface area contributed by atoms with Gasteiger partial charge in [0.25, 0.3) is 6.71 Å². The van der Waals surface area contributed by atoms with Gasteiger partial charge >= 0.3 is 5.97 Å². The number of nitrogens with two attached hydrogens (primary N) is 1. The van der Waals surface area contributed by atoms with Gasteiger partial charge in [0, 0.05) is 42.7 Å². The predicted octanol–water partition coefficient (Wildman–Crippen LogP) is 1.39. The number of rotatable bonds is 3. The number of hydrogen-bond donors (Lipinski definition) is 1. The number of piperazine rings is 1. The molecule has 4 heterocycles. The molecule has 4 rings (SSSR count). The van der Waals surface area contributed by atoms with Gasteiger partial charge in [-0.15, -0.1) is 0 Å². The minimum atomic E-state index is -0.636. The van der Waals surface area contributed by atoms with E-state index in [1.54, 1.807) is 6.20 Å². The predicted molar refractivity (Wildman–Crippen MR) is 126 cm³/mol. The number of fused-ring (bicyclic) bond motifs is 1. The normalized spacial score (nSPS) is 18.5. The summed E-state index contributed by atoms with van der Waals surface area (Å²) in [6, 6.07) is -0.636. The molecule has 2 N–H and O–H groups in total. The average Bonchev–Trinajstić information content (AvgIpc) is 2.78. The molecule has 1 fully saturated rings. The molecule has 0 saturated carbocycles. The number of carbonyl (C=O) groups excluding carboxylic acids is 1. The van der Waals surface area contributed by atoms with Gasteiger partial charge in [-0.05, 0) is 46.0 Å². The van der Waals surface area contributed by atoms with Crippen molar-refractivity contribution in [3.05, 3.63) is 29.2 Å². The van der Waals surface area contributed by atoms with Crippen LogP contribution in [0.4, 0.5) is 17.7 Å². The van der Waals surface area contributed by atoms with E-state index in [9.17, 15) is 10.1 Å². The van der Waals surface area contributed by atoms with Gasteiger partial charge in [-0.25, -0.2) is 25.0 Å². The maximum absolute atomic E-state index is 13.2. The third-order valence-corrected chi connectivity index (χ3v) is 5.92. The molecule has 0 radical (unpaired) electrons. The first-order valence-electron chi connectivity index (χ1n) is 11.2. The molecular weight excluding hydrogens is 419 g/mol. The van der Waals surface area contributed by atoms with Crippen molar-refractivity contribution in [2.45, 2.75) is 58.4 Å². The lowest BCUT2D eigenvalue weighted by atomic mass is 9.43. The summed E-state index contributed by atoms with van der Waals surface area (Å²) in [6.07, 6.45) is 5.74. The highest BCUT2D eigenvalue weighted by molar-refractivity contribution is 6.66. The summed E-state index contributed by atoms with van der Waals surface area (Å²) in [5, 5.41) is 9.22. The Bertz CT molecular complexity index is 1100. The van der Waals surface area contributed by atoms with Gasteiger partial charge < -0.3 is 20.3 Å². The third-order valence-electron chi connectivity index (χ3n) is 5.92. The van der Waals surface area contributed by atoms with E-state index in [4.69, 9.17) is 15.5 Å². The molecule has 2 aliphatic heterocycles. The first kappa shape index (κ1) is 22.8. The second kappa shape index (κ2) is 8.85. The molecule has 0 aromatic carbocycles. The fourth-order valence-electron chi connectivity index (χ4n) is 4.12. The number of aromatic nitrogens is 4. The van der Waals surface area contributed by atoms with Crippen molar-refractivity contribution in [1.29, 1.82) is 5.26 Å². The van der Waals surface area contributed by atoms with Crippen molar-refractivity contribution < 1.29 is 9.53 Å². The topological polar surface area (TPSA) is 134 Å². The standard InChI is InChI=1S/C22H29BN8O2/c1-14-10-26-21(29-18(14)25)31-8-7-30(12-17(31)19(32)33-22(2,3)4)20-27-11-15-9-23(13-24)6-5-16(15)28-20/h10-11,17H,5-9,12H2,1-4H3,(H2,25,26,29). The van der Waals surface area contributed by atoms with Crippen LogP contribution in [0.3, 0.4) is 0 Å². The number of aryl methyl sites for hydroxylation is 2. The molecule has 10 nitrogen and oxygen atoms in total. The van der Waals surface area contributed by atoms with Crippen LogP contribution >= 0.6 is 0 Å². The number of nitrogen functional groups attached to an aromatic ring is 1. The molecule has 11 heteroatoms. The molecule has 172 valence electrons. The van der Waals surface area contributed by atoms with Gasteiger partial charge in [0.15, 0.2) is 0 Å². The van der Waals surface area contributed by atoms with Crippen molar-refractivity contribution in [1.82, 2.24) is 19.9 Å². The molecule has 0 spiro atoms. The van der Waals surface area contributed by atoms with Gasteiger partial charge in [0.05, 0.1) is 6.54 Å². The summed E-state index contributed by atoms with van der Waals surface area (Å²) in [4.78, 5) is 35.2. The number of esters is 1. The van der Waals surface area contributed by atoms with Crippen LogP contribution in [0.25, 0.3) is 0 Å². The Morgan fingerprint density at radius 2 is 2.00 bits per heavy atom. The van der Waals surface area contributed by atoms with Crippen LogP contribution in [0.15, 0.2) is 12.4 Å². The first-order valence-corrected chi connectivity index (χ1v) is 11.2. The van der Waals surface area contributed by atoms with Crippen molar-refractivity contribution in [2.75, 3.05) is 35.2 Å². The molecule has 1 atom stereocenters. The molecule has 33 heavy (non-hydrogen) atoms. The summed E-state index contributed by atoms with van der Waals surface area (Å²) >= 11 is 0. The largest absolute Gasteiger partial charge is 0.458 e. The van der Waals surface area contributed by atoms with Gasteiger partial charge in [-0.2, -0.15) is 4.98 Å². The van der Waals surface area contributed by atoms with Crippen LogP contribution in [0.2, 0.25) is 6.32 Å². The van der Waals surface area contributed by atoms with E-state index >= 15 is 0 Å². The quantitative estimate of drug-likeness (QED) is 0.542. The van der Waals surface area contributed by atoms with Crippen LogP contribution < -0.4 is 15.5 Å². The van der Waals surface area contributed by atoms with Crippen LogP contribution in [-0.4, -0.2) is 63.9 Å². The fraction of sp³-hybridized carbons (Fsp3) is 0.545. The van der Waals surface area contributed by atoms with Crippen molar-refractivity contribution >= 4 is 30.4 Å². The van der Waals surface area contributed by atoms with Gasteiger partial charge in [0.1, 0.15) is 17.5 Å². The monoisotopic (exact) mass is 448 g/mol. The van der Waals surface area contributed by atoms with E-state index in [1.807, 2.05) is 43.7 Å². The number of hydrogen-bond acceptors (Lipinski definition) is 10. The molecule has 0 bridgehead atoms. The number of nitrogens with zero attached hydrogens (tertiary/aromatic N) is 7. The average molecular weight is 448 g/mol. The number of nitriles is 1. The van der Waals surface area contributed by atoms with Gasteiger partial charge in [-0.1, -0.05) is 6.32 Å². The molecule has 2 aliphatic rings. The number of anilines is 3. The summed E-state index contributed by atoms with van der Waals surface area (Å²) in [6.45, 7) is 8.82. The lowest BCUT2D eigenvalue weighted by Crippen LogP contribution is -2.58. The van der Waals surface area contributed by atoms with Gasteiger partial charge in [-0.3, -0.25) is 0 Å². The molecular formula is C22H29BN8O2. The maximum atomic E-state index is 13.2. The summed E-state index contributed by atoms with van der Waals surface area (Å²) in [5.74, 6) is 3.37. The second-order valence-electron chi connectivity index (χ2n) is 9.64. The van der Waals surface area contributed by atoms with E-state index in [-0.39, 0.29) is 12.7 Å². The Kier molecular flexibility index (Phi) is 6.10. The van der Waals surface area contributed by atoms with Crippen LogP contribution in [0, 0.1) is 18.2 Å². The zero-order valence-electron chi connectivity index (χ0n) is 19.6. The van der Waals surface area contributed by atoms with E-state index in [0.717, 1.165) is 29.6 Å². The Labute approximate surface area is 194 Å². The second-order valence-corrected chi connectivity index (χ2v) is 9.64. The highest BCUT2D eigenvalue weighted by Crippen LogP contribution is 2.25. The van der Waals surface area contributed by atoms with Crippen LogP contribution in [-0.2, 0) is 22.3 Å². The first-order chi connectivity index (χ1) is 15.6. The Morgan fingerprint density at radius 3 is 2.70 bits per heavy atom. The van der Waals surface area contributed by atoms with E-state index in [1.165, 1.54) is 0 Å². The highest BCUT2D eigenvalue weighted by atomic mass is 16.6. The summed E-state index contributed by atoms with van der Waals surface area (Å²) < 4.78 is 5.72. The van der Waals surface area contributed by atoms with Crippen molar-refractivity contribution in [3.8, 4) is 5.97 Å². The Hall–Kier alpha value is -3.42. The van der Waals surface area contributed by atoms with E-state index < -0.39 is 11.6 Å². The molecule has 2 aromatic rings. The highest BCUT2D eigenvalue weighted by Gasteiger charge is 2.38. The third kappa shape index (κ3) is 5.00. The zero-order chi connectivity index (χ0) is 23.8. The fourth-order valence-corrected chi connectivity index (χ4v) is 4.12. The Balaban J connectivity index is 1.60. The SMILES string of the molecule is Cc1cnc(N2CCN(c3ncc4c(n3)CCB(C#N)C4)CC2C(=O)OC(C)(C)C)nc1N. The molecule has 0 aliphatic carbocycles. The smallest absolute Gasteiger partial charge is 0.331 e. The maximum Gasteiger partial charge on any atom is 0.331 e. The number of carbonyl (C=O) groups is 1. The molecule has 0 amide bonds. The summed E-state index contributed by atoms with van der Waals surface area (Å²) in [5.41, 5.74) is 8.18. The zero-order valence-corrected chi connectivity index (χ0v) is 19.6. The lowest BCUT2D eigenvalue weighted by Gasteiger charge is -2.41. The van der Waals surface area contributed by atoms with Crippen molar-refractivity contribution in [3.63, 3.8) is 0 Å². The Morgan fingerprint density at radius 1 is 1.24 bits per heavy atom. The van der Waals surface area contributed by atoms with E-state index in [2.05, 4.69) is 20.9 Å². The lowest BCUT2D eigenvalue weighted by molar-refractivity contribution is -0.156. The van der Waals surface area contributed by atoms with E-state index in [0.29, 0.717) is 43.7 Å². The number of ether oxygens (including phenoxy) is 1.